The lowest BCUT2D eigenvalue weighted by atomic mass is 10.1. The fourth-order valence-corrected chi connectivity index (χ4v) is 2.25. The highest BCUT2D eigenvalue weighted by atomic mass is 16.5. The van der Waals surface area contributed by atoms with Crippen LogP contribution in [0, 0.1) is 0 Å². The minimum absolute atomic E-state index is 0.0137. The third-order valence-corrected chi connectivity index (χ3v) is 3.20. The van der Waals surface area contributed by atoms with Crippen LogP contribution in [0.5, 0.6) is 0 Å². The van der Waals surface area contributed by atoms with Gasteiger partial charge >= 0.3 is 5.97 Å². The highest BCUT2D eigenvalue weighted by Gasteiger charge is 2.21. The van der Waals surface area contributed by atoms with Gasteiger partial charge in [-0.05, 0) is 37.8 Å². The van der Waals surface area contributed by atoms with Gasteiger partial charge in [-0.3, -0.25) is 0 Å². The first-order valence-corrected chi connectivity index (χ1v) is 6.27. The van der Waals surface area contributed by atoms with Crippen molar-refractivity contribution in [2.45, 2.75) is 44.2 Å². The Balaban J connectivity index is 1.94. The molecule has 0 saturated heterocycles. The molecule has 2 unspecified atom stereocenters. The van der Waals surface area contributed by atoms with Gasteiger partial charge in [-0.1, -0.05) is 24.6 Å². The molecule has 0 spiro atoms. The van der Waals surface area contributed by atoms with E-state index < -0.39 is 0 Å². The molecule has 0 amide bonds. The molecule has 1 aliphatic carbocycles. The van der Waals surface area contributed by atoms with E-state index in [1.807, 2.05) is 18.2 Å². The van der Waals surface area contributed by atoms with Gasteiger partial charge < -0.3 is 10.5 Å². The molecule has 92 valence electrons. The van der Waals surface area contributed by atoms with Crippen LogP contribution >= 0.6 is 0 Å². The van der Waals surface area contributed by atoms with Crippen LogP contribution in [0.2, 0.25) is 0 Å². The molecule has 2 atom stereocenters. The second-order valence-corrected chi connectivity index (χ2v) is 4.67. The average Bonchev–Trinajstić information content (AvgIpc) is 2.55. The summed E-state index contributed by atoms with van der Waals surface area (Å²) in [6.45, 7) is 0. The van der Waals surface area contributed by atoms with E-state index in [2.05, 4.69) is 0 Å². The highest BCUT2D eigenvalue weighted by molar-refractivity contribution is 5.89. The molecule has 3 heteroatoms. The number of nitrogens with two attached hydrogens (primary N) is 1. The van der Waals surface area contributed by atoms with Crippen molar-refractivity contribution in [2.75, 3.05) is 0 Å². The molecule has 0 aliphatic heterocycles. The number of rotatable bonds is 2. The summed E-state index contributed by atoms with van der Waals surface area (Å²) in [6, 6.07) is 9.30. The lowest BCUT2D eigenvalue weighted by Gasteiger charge is -2.17. The van der Waals surface area contributed by atoms with Crippen LogP contribution in [0.15, 0.2) is 30.3 Å². The molecule has 1 fully saturated rings. The van der Waals surface area contributed by atoms with E-state index in [0.29, 0.717) is 5.56 Å². The standard InChI is InChI=1S/C14H19NO2/c15-12-8-4-5-9-13(10-12)17-14(16)11-6-2-1-3-7-11/h1-3,6-7,12-13H,4-5,8-10,15H2. The van der Waals surface area contributed by atoms with Crippen molar-refractivity contribution in [1.82, 2.24) is 0 Å². The summed E-state index contributed by atoms with van der Waals surface area (Å²) in [6.07, 6.45) is 4.99. The number of benzene rings is 1. The summed E-state index contributed by atoms with van der Waals surface area (Å²) in [4.78, 5) is 11.9. The monoisotopic (exact) mass is 233 g/mol. The molecule has 0 bridgehead atoms. The Morgan fingerprint density at radius 1 is 1.18 bits per heavy atom. The molecule has 0 radical (unpaired) electrons. The Morgan fingerprint density at radius 2 is 1.88 bits per heavy atom. The summed E-state index contributed by atoms with van der Waals surface area (Å²) in [5.74, 6) is -0.232. The van der Waals surface area contributed by atoms with E-state index in [1.54, 1.807) is 12.1 Å². The maximum atomic E-state index is 11.9. The fraction of sp³-hybridized carbons (Fsp3) is 0.500. The van der Waals surface area contributed by atoms with Crippen LogP contribution < -0.4 is 5.73 Å². The Morgan fingerprint density at radius 3 is 2.65 bits per heavy atom. The molecule has 1 saturated carbocycles. The van der Waals surface area contributed by atoms with Gasteiger partial charge in [0.1, 0.15) is 6.10 Å². The zero-order valence-electron chi connectivity index (χ0n) is 9.97. The van der Waals surface area contributed by atoms with Gasteiger partial charge in [0.15, 0.2) is 0 Å². The van der Waals surface area contributed by atoms with Crippen LogP contribution in [0.25, 0.3) is 0 Å². The van der Waals surface area contributed by atoms with Crippen molar-refractivity contribution in [3.63, 3.8) is 0 Å². The summed E-state index contributed by atoms with van der Waals surface area (Å²) in [5, 5.41) is 0. The SMILES string of the molecule is NC1CCCCC(OC(=O)c2ccccc2)C1. The summed E-state index contributed by atoms with van der Waals surface area (Å²) < 4.78 is 5.51. The summed E-state index contributed by atoms with van der Waals surface area (Å²) in [7, 11) is 0. The van der Waals surface area contributed by atoms with Crippen molar-refractivity contribution in [1.29, 1.82) is 0 Å². The van der Waals surface area contributed by atoms with Crippen LogP contribution in [-0.2, 0) is 4.74 Å². The minimum Gasteiger partial charge on any atom is -0.459 e. The largest absolute Gasteiger partial charge is 0.459 e. The smallest absolute Gasteiger partial charge is 0.338 e. The van der Waals surface area contributed by atoms with Gasteiger partial charge in [-0.25, -0.2) is 4.79 Å². The number of hydrogen-bond donors (Lipinski definition) is 1. The van der Waals surface area contributed by atoms with Crippen molar-refractivity contribution in [3.8, 4) is 0 Å². The maximum absolute atomic E-state index is 11.9. The van der Waals surface area contributed by atoms with Crippen LogP contribution in [0.1, 0.15) is 42.5 Å². The van der Waals surface area contributed by atoms with E-state index in [9.17, 15) is 4.79 Å². The molecule has 1 aromatic rings. The lowest BCUT2D eigenvalue weighted by Crippen LogP contribution is -2.27. The Kier molecular flexibility index (Phi) is 4.15. The van der Waals surface area contributed by atoms with Gasteiger partial charge in [0.25, 0.3) is 0 Å². The number of carbonyl (C=O) groups is 1. The predicted molar refractivity (Wildman–Crippen MR) is 66.7 cm³/mol. The van der Waals surface area contributed by atoms with Crippen LogP contribution in [0.4, 0.5) is 0 Å². The summed E-state index contributed by atoms with van der Waals surface area (Å²) in [5.41, 5.74) is 6.56. The zero-order valence-corrected chi connectivity index (χ0v) is 9.97. The van der Waals surface area contributed by atoms with Crippen molar-refractivity contribution in [2.24, 2.45) is 5.73 Å². The van der Waals surface area contributed by atoms with Crippen LogP contribution in [0.3, 0.4) is 0 Å². The van der Waals surface area contributed by atoms with Gasteiger partial charge in [-0.15, -0.1) is 0 Å². The van der Waals surface area contributed by atoms with E-state index >= 15 is 0 Å². The predicted octanol–water partition coefficient (Wildman–Crippen LogP) is 2.50. The van der Waals surface area contributed by atoms with E-state index in [0.717, 1.165) is 32.1 Å². The first-order chi connectivity index (χ1) is 8.25. The first kappa shape index (κ1) is 12.1. The lowest BCUT2D eigenvalue weighted by molar-refractivity contribution is 0.0258. The Labute approximate surface area is 102 Å². The average molecular weight is 233 g/mol. The number of carbonyl (C=O) groups excluding carboxylic acids is 1. The third kappa shape index (κ3) is 3.56. The maximum Gasteiger partial charge on any atom is 0.338 e. The van der Waals surface area contributed by atoms with Gasteiger partial charge in [-0.2, -0.15) is 0 Å². The molecule has 2 N–H and O–H groups in total. The molecular formula is C14H19NO2. The minimum atomic E-state index is -0.232. The van der Waals surface area contributed by atoms with Gasteiger partial charge in [0.2, 0.25) is 0 Å². The van der Waals surface area contributed by atoms with Crippen molar-refractivity contribution < 1.29 is 9.53 Å². The number of esters is 1. The van der Waals surface area contributed by atoms with Crippen molar-refractivity contribution >= 4 is 5.97 Å². The molecule has 17 heavy (non-hydrogen) atoms. The molecule has 2 rings (SSSR count). The molecule has 0 aromatic heterocycles. The first-order valence-electron chi connectivity index (χ1n) is 6.27. The van der Waals surface area contributed by atoms with E-state index in [1.165, 1.54) is 0 Å². The highest BCUT2D eigenvalue weighted by Crippen LogP contribution is 2.20. The second kappa shape index (κ2) is 5.82. The molecule has 1 aliphatic rings. The quantitative estimate of drug-likeness (QED) is 0.630. The van der Waals surface area contributed by atoms with Crippen molar-refractivity contribution in [3.05, 3.63) is 35.9 Å². The number of ether oxygens (including phenoxy) is 1. The third-order valence-electron chi connectivity index (χ3n) is 3.20. The van der Waals surface area contributed by atoms with E-state index in [4.69, 9.17) is 10.5 Å². The molecule has 1 aromatic carbocycles. The normalized spacial score (nSPS) is 25.0. The second-order valence-electron chi connectivity index (χ2n) is 4.67. The molecule has 0 heterocycles. The van der Waals surface area contributed by atoms with Gasteiger partial charge in [0.05, 0.1) is 5.56 Å². The zero-order chi connectivity index (χ0) is 12.1. The topological polar surface area (TPSA) is 52.3 Å². The molecular weight excluding hydrogens is 214 g/mol. The summed E-state index contributed by atoms with van der Waals surface area (Å²) >= 11 is 0. The fourth-order valence-electron chi connectivity index (χ4n) is 2.25. The Hall–Kier alpha value is -1.35. The van der Waals surface area contributed by atoms with Crippen LogP contribution in [-0.4, -0.2) is 18.1 Å². The molecule has 3 nitrogen and oxygen atoms in total. The van der Waals surface area contributed by atoms with E-state index in [-0.39, 0.29) is 18.1 Å². The number of hydrogen-bond acceptors (Lipinski definition) is 3. The van der Waals surface area contributed by atoms with Gasteiger partial charge in [0, 0.05) is 6.04 Å². The Bertz CT molecular complexity index is 364.